The van der Waals surface area contributed by atoms with Crippen LogP contribution in [0.25, 0.3) is 0 Å². The van der Waals surface area contributed by atoms with Crippen LogP contribution in [-0.2, 0) is 4.74 Å². The maximum Gasteiger partial charge on any atom is 0.188 e. The molecule has 0 bridgehead atoms. The highest BCUT2D eigenvalue weighted by molar-refractivity contribution is 9.10. The number of phenols is 1. The van der Waals surface area contributed by atoms with E-state index in [0.717, 1.165) is 5.56 Å². The van der Waals surface area contributed by atoms with E-state index >= 15 is 0 Å². The van der Waals surface area contributed by atoms with Gasteiger partial charge in [0.2, 0.25) is 0 Å². The van der Waals surface area contributed by atoms with Crippen molar-refractivity contribution in [2.75, 3.05) is 13.9 Å². The summed E-state index contributed by atoms with van der Waals surface area (Å²) in [6.45, 7) is 2.06. The Morgan fingerprint density at radius 3 is 2.69 bits per heavy atom. The van der Waals surface area contributed by atoms with Crippen molar-refractivity contribution >= 4 is 15.9 Å². The predicted molar refractivity (Wildman–Crippen MR) is 53.0 cm³/mol. The third kappa shape index (κ3) is 2.60. The molecule has 0 aliphatic carbocycles. The molecule has 0 fully saturated rings. The average Bonchev–Trinajstić information content (AvgIpc) is 2.10. The lowest BCUT2D eigenvalue weighted by atomic mass is 10.2. The molecule has 4 heteroatoms. The third-order valence-corrected chi connectivity index (χ3v) is 2.58. The first-order valence-electron chi connectivity index (χ1n) is 3.76. The maximum absolute atomic E-state index is 9.41. The van der Waals surface area contributed by atoms with Crippen LogP contribution in [0.5, 0.6) is 11.5 Å². The van der Waals surface area contributed by atoms with E-state index in [1.165, 1.54) is 6.07 Å². The van der Waals surface area contributed by atoms with Crippen LogP contribution in [0.1, 0.15) is 5.56 Å². The van der Waals surface area contributed by atoms with E-state index in [-0.39, 0.29) is 12.5 Å². The summed E-state index contributed by atoms with van der Waals surface area (Å²) in [6, 6.07) is 3.36. The average molecular weight is 247 g/mol. The Balaban J connectivity index is 2.86. The molecule has 3 nitrogen and oxygen atoms in total. The molecule has 0 saturated heterocycles. The monoisotopic (exact) mass is 246 g/mol. The molecular formula is C9H11BrO3. The molecule has 0 heterocycles. The summed E-state index contributed by atoms with van der Waals surface area (Å²) in [5.74, 6) is 0.770. The van der Waals surface area contributed by atoms with Gasteiger partial charge in [-0.15, -0.1) is 0 Å². The first kappa shape index (κ1) is 10.3. The van der Waals surface area contributed by atoms with Gasteiger partial charge in [-0.05, 0) is 34.5 Å². The lowest BCUT2D eigenvalue weighted by Gasteiger charge is -2.07. The molecule has 0 aromatic heterocycles. The summed E-state index contributed by atoms with van der Waals surface area (Å²) in [5, 5.41) is 9.41. The second kappa shape index (κ2) is 4.48. The number of rotatable bonds is 3. The van der Waals surface area contributed by atoms with Gasteiger partial charge in [-0.1, -0.05) is 0 Å². The number of halogens is 1. The highest BCUT2D eigenvalue weighted by Gasteiger charge is 2.04. The lowest BCUT2D eigenvalue weighted by Crippen LogP contribution is -1.98. The van der Waals surface area contributed by atoms with Gasteiger partial charge in [0.05, 0.1) is 4.47 Å². The standard InChI is InChI=1S/C9H11BrO3/c1-6-3-7(13-5-12-2)4-8(11)9(6)10/h3-4,11H,5H2,1-2H3. The Labute approximate surface area is 85.4 Å². The zero-order chi connectivity index (χ0) is 9.84. The van der Waals surface area contributed by atoms with Crippen molar-refractivity contribution < 1.29 is 14.6 Å². The van der Waals surface area contributed by atoms with Gasteiger partial charge in [0.1, 0.15) is 11.5 Å². The molecule has 0 amide bonds. The van der Waals surface area contributed by atoms with Crippen LogP contribution in [-0.4, -0.2) is 19.0 Å². The largest absolute Gasteiger partial charge is 0.507 e. The minimum absolute atomic E-state index is 0.172. The van der Waals surface area contributed by atoms with Crippen LogP contribution in [0.2, 0.25) is 0 Å². The Bertz CT molecular complexity index is 276. The normalized spacial score (nSPS) is 10.1. The zero-order valence-electron chi connectivity index (χ0n) is 7.50. The first-order valence-corrected chi connectivity index (χ1v) is 4.55. The van der Waals surface area contributed by atoms with Crippen molar-refractivity contribution in [1.82, 2.24) is 0 Å². The molecule has 0 saturated carbocycles. The summed E-state index contributed by atoms with van der Waals surface area (Å²) >= 11 is 3.24. The molecule has 72 valence electrons. The van der Waals surface area contributed by atoms with Gasteiger partial charge in [-0.3, -0.25) is 0 Å². The van der Waals surface area contributed by atoms with Gasteiger partial charge in [-0.25, -0.2) is 0 Å². The van der Waals surface area contributed by atoms with Crippen molar-refractivity contribution in [3.8, 4) is 11.5 Å². The molecule has 1 aromatic rings. The van der Waals surface area contributed by atoms with Gasteiger partial charge < -0.3 is 14.6 Å². The van der Waals surface area contributed by atoms with E-state index in [4.69, 9.17) is 9.47 Å². The van der Waals surface area contributed by atoms with Gasteiger partial charge >= 0.3 is 0 Å². The molecule has 0 radical (unpaired) electrons. The number of aromatic hydroxyl groups is 1. The number of hydrogen-bond donors (Lipinski definition) is 1. The van der Waals surface area contributed by atoms with E-state index < -0.39 is 0 Å². The minimum atomic E-state index is 0.172. The number of phenolic OH excluding ortho intramolecular Hbond substituents is 1. The Kier molecular flexibility index (Phi) is 3.57. The van der Waals surface area contributed by atoms with Crippen molar-refractivity contribution in [2.24, 2.45) is 0 Å². The summed E-state index contributed by atoms with van der Waals surface area (Å²) in [6.07, 6.45) is 0. The van der Waals surface area contributed by atoms with Crippen molar-refractivity contribution in [3.05, 3.63) is 22.2 Å². The van der Waals surface area contributed by atoms with E-state index in [1.54, 1.807) is 7.11 Å². The zero-order valence-corrected chi connectivity index (χ0v) is 9.09. The van der Waals surface area contributed by atoms with E-state index in [2.05, 4.69) is 15.9 Å². The summed E-state index contributed by atoms with van der Waals surface area (Å²) in [5.41, 5.74) is 0.922. The fraction of sp³-hybridized carbons (Fsp3) is 0.333. The maximum atomic E-state index is 9.41. The highest BCUT2D eigenvalue weighted by Crippen LogP contribution is 2.31. The summed E-state index contributed by atoms with van der Waals surface area (Å²) in [7, 11) is 1.55. The quantitative estimate of drug-likeness (QED) is 0.833. The first-order chi connectivity index (χ1) is 6.15. The number of ether oxygens (including phenoxy) is 2. The summed E-state index contributed by atoms with van der Waals surface area (Å²) in [4.78, 5) is 0. The van der Waals surface area contributed by atoms with Gasteiger partial charge in [0, 0.05) is 13.2 Å². The van der Waals surface area contributed by atoms with Crippen LogP contribution in [0, 0.1) is 6.92 Å². The van der Waals surface area contributed by atoms with Crippen LogP contribution in [0.15, 0.2) is 16.6 Å². The topological polar surface area (TPSA) is 38.7 Å². The highest BCUT2D eigenvalue weighted by atomic mass is 79.9. The van der Waals surface area contributed by atoms with Crippen molar-refractivity contribution in [3.63, 3.8) is 0 Å². The number of aryl methyl sites for hydroxylation is 1. The van der Waals surface area contributed by atoms with Gasteiger partial charge in [0.15, 0.2) is 6.79 Å². The molecule has 13 heavy (non-hydrogen) atoms. The number of hydrogen-bond acceptors (Lipinski definition) is 3. The molecule has 0 aliphatic rings. The smallest absolute Gasteiger partial charge is 0.188 e. The lowest BCUT2D eigenvalue weighted by molar-refractivity contribution is 0.0509. The van der Waals surface area contributed by atoms with E-state index in [0.29, 0.717) is 10.2 Å². The molecule has 1 rings (SSSR count). The molecule has 0 spiro atoms. The van der Waals surface area contributed by atoms with E-state index in [1.807, 2.05) is 13.0 Å². The summed E-state index contributed by atoms with van der Waals surface area (Å²) < 4.78 is 10.6. The Hall–Kier alpha value is -0.740. The van der Waals surface area contributed by atoms with Crippen molar-refractivity contribution in [2.45, 2.75) is 6.92 Å². The second-order valence-corrected chi connectivity index (χ2v) is 3.42. The predicted octanol–water partition coefficient (Wildman–Crippen LogP) is 2.45. The van der Waals surface area contributed by atoms with Crippen LogP contribution < -0.4 is 4.74 Å². The van der Waals surface area contributed by atoms with Gasteiger partial charge in [0.25, 0.3) is 0 Å². The SMILES string of the molecule is COCOc1cc(C)c(Br)c(O)c1. The number of methoxy groups -OCH3 is 1. The Morgan fingerprint density at radius 2 is 2.15 bits per heavy atom. The van der Waals surface area contributed by atoms with Crippen LogP contribution in [0.4, 0.5) is 0 Å². The van der Waals surface area contributed by atoms with Crippen LogP contribution in [0.3, 0.4) is 0 Å². The molecular weight excluding hydrogens is 236 g/mol. The fourth-order valence-electron chi connectivity index (χ4n) is 0.929. The fourth-order valence-corrected chi connectivity index (χ4v) is 1.16. The molecule has 1 N–H and O–H groups in total. The molecule has 0 aliphatic heterocycles. The van der Waals surface area contributed by atoms with Crippen molar-refractivity contribution in [1.29, 1.82) is 0 Å². The molecule has 0 unspecified atom stereocenters. The van der Waals surface area contributed by atoms with Crippen LogP contribution >= 0.6 is 15.9 Å². The van der Waals surface area contributed by atoms with Gasteiger partial charge in [-0.2, -0.15) is 0 Å². The van der Waals surface area contributed by atoms with E-state index in [9.17, 15) is 5.11 Å². The minimum Gasteiger partial charge on any atom is -0.507 e. The molecule has 1 aromatic carbocycles. The third-order valence-electron chi connectivity index (χ3n) is 1.55. The Morgan fingerprint density at radius 1 is 1.46 bits per heavy atom. The number of benzene rings is 1. The second-order valence-electron chi connectivity index (χ2n) is 2.62. The molecule has 0 atom stereocenters.